The van der Waals surface area contributed by atoms with Crippen molar-refractivity contribution < 1.29 is 0 Å². The Bertz CT molecular complexity index is 3650. The van der Waals surface area contributed by atoms with Gasteiger partial charge in [-0.2, -0.15) is 0 Å². The number of para-hydroxylation sites is 4. The van der Waals surface area contributed by atoms with Crippen molar-refractivity contribution in [2.75, 3.05) is 4.90 Å². The molecule has 1 heterocycles. The molecule has 0 N–H and O–H groups in total. The van der Waals surface area contributed by atoms with Crippen molar-refractivity contribution in [3.05, 3.63) is 255 Å². The molecule has 0 amide bonds. The molecule has 0 spiro atoms. The molecule has 1 aromatic heterocycles. The van der Waals surface area contributed by atoms with Crippen molar-refractivity contribution in [2.45, 2.75) is 0 Å². The van der Waals surface area contributed by atoms with Crippen molar-refractivity contribution in [3.63, 3.8) is 0 Å². The number of rotatable bonds is 8. The van der Waals surface area contributed by atoms with Crippen LogP contribution in [0.15, 0.2) is 255 Å². The molecule has 64 heavy (non-hydrogen) atoms. The standard InChI is InChI=1S/C62H42N2/c1-2-17-43(18-3-1)44-33-35-47(36-34-44)53-24-8-12-29-58(53)63(50-39-37-46(38-40-50)52-28-16-22-45-19-6-7-23-51(45)52)59-30-13-9-25-54(59)55-26-10-14-31-60(55)64-61-32-15-11-27-56(61)57-41-48-20-4-5-21-49(48)42-62(57)64/h1-42H. The van der Waals surface area contributed by atoms with E-state index in [1.807, 2.05) is 0 Å². The van der Waals surface area contributed by atoms with Gasteiger partial charge in [0.05, 0.1) is 28.1 Å². The molecule has 0 fully saturated rings. The van der Waals surface area contributed by atoms with Gasteiger partial charge in [0.25, 0.3) is 0 Å². The molecule has 0 saturated carbocycles. The van der Waals surface area contributed by atoms with Crippen molar-refractivity contribution in [1.29, 1.82) is 0 Å². The summed E-state index contributed by atoms with van der Waals surface area (Å²) < 4.78 is 2.47. The van der Waals surface area contributed by atoms with E-state index in [0.29, 0.717) is 0 Å². The summed E-state index contributed by atoms with van der Waals surface area (Å²) in [4.78, 5) is 2.46. The van der Waals surface area contributed by atoms with E-state index in [0.717, 1.165) is 45.0 Å². The summed E-state index contributed by atoms with van der Waals surface area (Å²) in [6.07, 6.45) is 0. The molecule has 0 saturated heterocycles. The van der Waals surface area contributed by atoms with Crippen LogP contribution < -0.4 is 4.90 Å². The number of anilines is 3. The van der Waals surface area contributed by atoms with Gasteiger partial charge in [0, 0.05) is 33.2 Å². The quantitative estimate of drug-likeness (QED) is 0.148. The van der Waals surface area contributed by atoms with E-state index in [1.165, 1.54) is 65.6 Å². The smallest absolute Gasteiger partial charge is 0.0547 e. The Labute approximate surface area is 373 Å². The van der Waals surface area contributed by atoms with E-state index >= 15 is 0 Å². The Balaban J connectivity index is 1.07. The van der Waals surface area contributed by atoms with Crippen molar-refractivity contribution in [1.82, 2.24) is 4.57 Å². The van der Waals surface area contributed by atoms with E-state index in [-0.39, 0.29) is 0 Å². The highest BCUT2D eigenvalue weighted by Crippen LogP contribution is 2.47. The average molecular weight is 815 g/mol. The van der Waals surface area contributed by atoms with Crippen molar-refractivity contribution in [2.24, 2.45) is 0 Å². The van der Waals surface area contributed by atoms with E-state index < -0.39 is 0 Å². The fraction of sp³-hybridized carbons (Fsp3) is 0. The maximum atomic E-state index is 2.47. The van der Waals surface area contributed by atoms with Gasteiger partial charge in [-0.05, 0) is 97.9 Å². The predicted octanol–water partition coefficient (Wildman–Crippen LogP) is 17.2. The molecule has 11 aromatic carbocycles. The molecule has 0 radical (unpaired) electrons. The number of aromatic nitrogens is 1. The van der Waals surface area contributed by atoms with Gasteiger partial charge in [-0.3, -0.25) is 0 Å². The number of nitrogens with zero attached hydrogens (tertiary/aromatic N) is 2. The predicted molar refractivity (Wildman–Crippen MR) is 272 cm³/mol. The summed E-state index contributed by atoms with van der Waals surface area (Å²) in [5, 5.41) is 7.44. The fourth-order valence-corrected chi connectivity index (χ4v) is 9.77. The van der Waals surface area contributed by atoms with Gasteiger partial charge in [-0.15, -0.1) is 0 Å². The summed E-state index contributed by atoms with van der Waals surface area (Å²) in [5.41, 5.74) is 16.2. The maximum Gasteiger partial charge on any atom is 0.0547 e. The second-order valence-corrected chi connectivity index (χ2v) is 16.5. The summed E-state index contributed by atoms with van der Waals surface area (Å²) in [5.74, 6) is 0. The first-order chi connectivity index (χ1) is 31.8. The molecule has 0 aliphatic rings. The van der Waals surface area contributed by atoms with Gasteiger partial charge in [0.1, 0.15) is 0 Å². The first kappa shape index (κ1) is 37.3. The summed E-state index contributed by atoms with van der Waals surface area (Å²) >= 11 is 0. The van der Waals surface area contributed by atoms with E-state index in [2.05, 4.69) is 264 Å². The number of fused-ring (bicyclic) bond motifs is 5. The fourth-order valence-electron chi connectivity index (χ4n) is 9.77. The van der Waals surface area contributed by atoms with E-state index in [4.69, 9.17) is 0 Å². The molecule has 2 nitrogen and oxygen atoms in total. The molecular weight excluding hydrogens is 773 g/mol. The molecular formula is C62H42N2. The lowest BCUT2D eigenvalue weighted by molar-refractivity contribution is 1.18. The molecule has 0 atom stereocenters. The number of hydrogen-bond acceptors (Lipinski definition) is 1. The maximum absolute atomic E-state index is 2.47. The largest absolute Gasteiger partial charge is 0.309 e. The minimum absolute atomic E-state index is 1.07. The molecule has 0 bridgehead atoms. The van der Waals surface area contributed by atoms with Crippen LogP contribution in [0.4, 0.5) is 17.1 Å². The van der Waals surface area contributed by atoms with Gasteiger partial charge >= 0.3 is 0 Å². The van der Waals surface area contributed by atoms with Crippen LogP contribution in [0.2, 0.25) is 0 Å². The lowest BCUT2D eigenvalue weighted by Crippen LogP contribution is -2.13. The highest BCUT2D eigenvalue weighted by Gasteiger charge is 2.23. The van der Waals surface area contributed by atoms with Crippen LogP contribution >= 0.6 is 0 Å². The third-order valence-corrected chi connectivity index (χ3v) is 12.8. The van der Waals surface area contributed by atoms with Crippen LogP contribution in [0.1, 0.15) is 0 Å². The third-order valence-electron chi connectivity index (χ3n) is 12.8. The Morgan fingerprint density at radius 3 is 1.55 bits per heavy atom. The molecule has 0 unspecified atom stereocenters. The first-order valence-electron chi connectivity index (χ1n) is 22.0. The SMILES string of the molecule is c1ccc(-c2ccc(-c3ccccc3N(c3ccc(-c4cccc5ccccc45)cc3)c3ccccc3-c3ccccc3-n3c4ccccc4c4cc5ccccc5cc43)cc2)cc1. The number of benzene rings is 11. The third kappa shape index (κ3) is 6.44. The first-order valence-corrected chi connectivity index (χ1v) is 22.0. The Kier molecular flexibility index (Phi) is 9.20. The lowest BCUT2D eigenvalue weighted by Gasteiger charge is -2.30. The monoisotopic (exact) mass is 814 g/mol. The second-order valence-electron chi connectivity index (χ2n) is 16.5. The molecule has 0 aliphatic heterocycles. The summed E-state index contributed by atoms with van der Waals surface area (Å²) in [7, 11) is 0. The van der Waals surface area contributed by atoms with E-state index in [1.54, 1.807) is 0 Å². The lowest BCUT2D eigenvalue weighted by atomic mass is 9.95. The van der Waals surface area contributed by atoms with E-state index in [9.17, 15) is 0 Å². The van der Waals surface area contributed by atoms with Gasteiger partial charge in [0.2, 0.25) is 0 Å². The molecule has 300 valence electrons. The van der Waals surface area contributed by atoms with Gasteiger partial charge in [-0.1, -0.05) is 206 Å². The van der Waals surface area contributed by atoms with Gasteiger partial charge in [-0.25, -0.2) is 0 Å². The Hall–Kier alpha value is -8.46. The van der Waals surface area contributed by atoms with Crippen LogP contribution in [0.25, 0.3) is 93.5 Å². The topological polar surface area (TPSA) is 8.17 Å². The average Bonchev–Trinajstić information content (AvgIpc) is 3.69. The summed E-state index contributed by atoms with van der Waals surface area (Å²) in [6.45, 7) is 0. The normalized spacial score (nSPS) is 11.4. The van der Waals surface area contributed by atoms with Gasteiger partial charge < -0.3 is 9.47 Å². The minimum Gasteiger partial charge on any atom is -0.309 e. The molecule has 0 aliphatic carbocycles. The molecule has 12 aromatic rings. The second kappa shape index (κ2) is 15.8. The van der Waals surface area contributed by atoms with Gasteiger partial charge in [0.15, 0.2) is 0 Å². The number of hydrogen-bond donors (Lipinski definition) is 0. The Morgan fingerprint density at radius 2 is 0.766 bits per heavy atom. The van der Waals surface area contributed by atoms with Crippen LogP contribution in [-0.2, 0) is 0 Å². The van der Waals surface area contributed by atoms with Crippen LogP contribution in [0, 0.1) is 0 Å². The zero-order chi connectivity index (χ0) is 42.4. The molecule has 2 heteroatoms. The van der Waals surface area contributed by atoms with Crippen molar-refractivity contribution >= 4 is 60.4 Å². The van der Waals surface area contributed by atoms with Crippen LogP contribution in [0.3, 0.4) is 0 Å². The van der Waals surface area contributed by atoms with Crippen molar-refractivity contribution in [3.8, 4) is 50.2 Å². The highest BCUT2D eigenvalue weighted by atomic mass is 15.1. The zero-order valence-corrected chi connectivity index (χ0v) is 35.1. The minimum atomic E-state index is 1.07. The Morgan fingerprint density at radius 1 is 0.266 bits per heavy atom. The molecule has 12 rings (SSSR count). The zero-order valence-electron chi connectivity index (χ0n) is 35.1. The van der Waals surface area contributed by atoms with Crippen LogP contribution in [0.5, 0.6) is 0 Å². The van der Waals surface area contributed by atoms with Crippen LogP contribution in [-0.4, -0.2) is 4.57 Å². The summed E-state index contributed by atoms with van der Waals surface area (Å²) in [6, 6.07) is 92.8. The highest BCUT2D eigenvalue weighted by molar-refractivity contribution is 6.14.